The normalized spacial score (nSPS) is 12.0. The Kier molecular flexibility index (Phi) is 12.3. The van der Waals surface area contributed by atoms with Crippen LogP contribution in [0.25, 0.3) is 0 Å². The second-order valence-corrected chi connectivity index (χ2v) is 12.6. The molecule has 0 saturated carbocycles. The number of aliphatic hydroxyl groups is 2. The molecule has 104 valence electrons. The van der Waals surface area contributed by atoms with E-state index in [1.165, 1.54) is 0 Å². The summed E-state index contributed by atoms with van der Waals surface area (Å²) in [4.78, 5) is 0. The van der Waals surface area contributed by atoms with Crippen molar-refractivity contribution in [3.8, 4) is 0 Å². The van der Waals surface area contributed by atoms with Crippen LogP contribution < -0.4 is 0 Å². The van der Waals surface area contributed by atoms with E-state index in [1.54, 1.807) is 0 Å². The summed E-state index contributed by atoms with van der Waals surface area (Å²) in [6.07, 6.45) is 4.23. The standard InChI is InChI=1S/2C4H9O.2C2H5O.Zr/c2*1-2-3-4-5;2*1-2-3;/h2*2-4H2,1H3;2*3H,1-2H2;/q2*-1;;;+2. The van der Waals surface area contributed by atoms with Gasteiger partial charge in [-0.15, -0.1) is 0 Å². The van der Waals surface area contributed by atoms with Crippen LogP contribution in [0.1, 0.15) is 39.5 Å². The summed E-state index contributed by atoms with van der Waals surface area (Å²) in [6.45, 7) is 5.87. The van der Waals surface area contributed by atoms with Crippen LogP contribution in [0, 0.1) is 0 Å². The van der Waals surface area contributed by atoms with Crippen molar-refractivity contribution in [1.82, 2.24) is 0 Å². The van der Waals surface area contributed by atoms with Gasteiger partial charge in [-0.3, -0.25) is 0 Å². The van der Waals surface area contributed by atoms with Gasteiger partial charge in [-0.25, -0.2) is 0 Å². The van der Waals surface area contributed by atoms with E-state index in [2.05, 4.69) is 13.8 Å². The molecule has 2 N–H and O–H groups in total. The fraction of sp³-hybridized carbons (Fsp3) is 1.00. The van der Waals surface area contributed by atoms with Gasteiger partial charge in [0.1, 0.15) is 0 Å². The first kappa shape index (κ1) is 17.7. The van der Waals surface area contributed by atoms with E-state index < -0.39 is 21.1 Å². The Balaban J connectivity index is 4.25. The molecule has 0 aliphatic carbocycles. The first-order valence-electron chi connectivity index (χ1n) is 6.74. The maximum atomic E-state index is 9.15. The fourth-order valence-electron chi connectivity index (χ4n) is 1.60. The van der Waals surface area contributed by atoms with E-state index in [-0.39, 0.29) is 13.2 Å². The molecular weight excluding hydrogens is 299 g/mol. The molecule has 0 aliphatic rings. The van der Waals surface area contributed by atoms with E-state index in [4.69, 9.17) is 15.8 Å². The average molecular weight is 328 g/mol. The van der Waals surface area contributed by atoms with E-state index in [0.29, 0.717) is 21.5 Å². The molecule has 0 aromatic heterocycles. The van der Waals surface area contributed by atoms with Gasteiger partial charge in [-0.2, -0.15) is 0 Å². The molecule has 0 radical (unpaired) electrons. The summed E-state index contributed by atoms with van der Waals surface area (Å²) in [5.41, 5.74) is 0. The third-order valence-electron chi connectivity index (χ3n) is 2.71. The summed E-state index contributed by atoms with van der Waals surface area (Å²) in [7, 11) is 0. The van der Waals surface area contributed by atoms with Gasteiger partial charge in [0.25, 0.3) is 0 Å². The summed E-state index contributed by atoms with van der Waals surface area (Å²) in [6, 6.07) is 0. The monoisotopic (exact) mass is 326 g/mol. The van der Waals surface area contributed by atoms with Crippen LogP contribution in [-0.4, -0.2) is 36.6 Å². The van der Waals surface area contributed by atoms with Crippen LogP contribution in [0.15, 0.2) is 0 Å². The van der Waals surface area contributed by atoms with E-state index >= 15 is 0 Å². The minimum atomic E-state index is -3.17. The summed E-state index contributed by atoms with van der Waals surface area (Å²) in [5.74, 6) is 0. The number of hydrogen-bond donors (Lipinski definition) is 2. The van der Waals surface area contributed by atoms with Gasteiger partial charge in [-0.05, 0) is 0 Å². The Labute approximate surface area is 111 Å². The van der Waals surface area contributed by atoms with Crippen LogP contribution in [0.2, 0.25) is 8.26 Å². The van der Waals surface area contributed by atoms with E-state index in [1.807, 2.05) is 0 Å². The molecule has 0 fully saturated rings. The first-order valence-corrected chi connectivity index (χ1v) is 12.2. The molecule has 5 heteroatoms. The first-order chi connectivity index (χ1) is 8.24. The molecule has 0 aromatic carbocycles. The molecule has 0 aliphatic heterocycles. The van der Waals surface area contributed by atoms with Crippen LogP contribution >= 0.6 is 0 Å². The number of hydrogen-bond acceptors (Lipinski definition) is 4. The topological polar surface area (TPSA) is 58.9 Å². The van der Waals surface area contributed by atoms with Crippen molar-refractivity contribution in [1.29, 1.82) is 0 Å². The third kappa shape index (κ3) is 8.44. The third-order valence-corrected chi connectivity index (χ3v) is 11.1. The van der Waals surface area contributed by atoms with Gasteiger partial charge >= 0.3 is 111 Å². The quantitative estimate of drug-likeness (QED) is 0.541. The van der Waals surface area contributed by atoms with Crippen molar-refractivity contribution in [3.05, 3.63) is 0 Å². The minimum absolute atomic E-state index is 0.105. The molecule has 0 rings (SSSR count). The number of aliphatic hydroxyl groups excluding tert-OH is 2. The Morgan fingerprint density at radius 1 is 0.824 bits per heavy atom. The summed E-state index contributed by atoms with van der Waals surface area (Å²) >= 11 is -3.17. The molecule has 0 spiro atoms. The predicted molar refractivity (Wildman–Crippen MR) is 65.5 cm³/mol. The van der Waals surface area contributed by atoms with Crippen molar-refractivity contribution >= 4 is 0 Å². The van der Waals surface area contributed by atoms with Crippen molar-refractivity contribution in [2.75, 3.05) is 26.4 Å². The van der Waals surface area contributed by atoms with Crippen LogP contribution in [0.3, 0.4) is 0 Å². The van der Waals surface area contributed by atoms with Gasteiger partial charge in [-0.1, -0.05) is 0 Å². The zero-order valence-electron chi connectivity index (χ0n) is 11.3. The second-order valence-electron chi connectivity index (χ2n) is 4.26. The predicted octanol–water partition coefficient (Wildman–Crippen LogP) is 2.42. The van der Waals surface area contributed by atoms with E-state index in [0.717, 1.165) is 25.7 Å². The molecule has 0 unspecified atom stereocenters. The van der Waals surface area contributed by atoms with Gasteiger partial charge in [0.2, 0.25) is 0 Å². The Bertz CT molecular complexity index is 149. The van der Waals surface area contributed by atoms with Crippen LogP contribution in [0.4, 0.5) is 0 Å². The van der Waals surface area contributed by atoms with Crippen molar-refractivity contribution in [3.63, 3.8) is 0 Å². The molecule has 0 amide bonds. The molecule has 4 nitrogen and oxygen atoms in total. The number of rotatable bonds is 12. The van der Waals surface area contributed by atoms with Gasteiger partial charge in [0.05, 0.1) is 0 Å². The molecule has 0 saturated heterocycles. The molecule has 0 heterocycles. The van der Waals surface area contributed by atoms with Crippen LogP contribution in [-0.2, 0) is 26.8 Å². The average Bonchev–Trinajstić information content (AvgIpc) is 2.30. The summed E-state index contributed by atoms with van der Waals surface area (Å²) < 4.78 is 13.2. The van der Waals surface area contributed by atoms with Crippen molar-refractivity contribution in [2.24, 2.45) is 0 Å². The molecule has 0 atom stereocenters. The fourth-order valence-corrected chi connectivity index (χ4v) is 8.05. The van der Waals surface area contributed by atoms with Crippen molar-refractivity contribution in [2.45, 2.75) is 47.8 Å². The summed E-state index contributed by atoms with van der Waals surface area (Å²) in [5, 5.41) is 18.3. The van der Waals surface area contributed by atoms with Crippen LogP contribution in [0.5, 0.6) is 0 Å². The van der Waals surface area contributed by atoms with Gasteiger partial charge in [0, 0.05) is 0 Å². The SMILES string of the molecule is CCCC[O][Zr]([CH2]CO)([CH2]CO)[O]CCCC. The van der Waals surface area contributed by atoms with Crippen molar-refractivity contribution < 1.29 is 37.0 Å². The zero-order chi connectivity index (χ0) is 13.0. The Hall–Kier alpha value is 0.723. The van der Waals surface area contributed by atoms with Gasteiger partial charge < -0.3 is 0 Å². The zero-order valence-corrected chi connectivity index (χ0v) is 13.7. The molecule has 17 heavy (non-hydrogen) atoms. The Morgan fingerprint density at radius 2 is 1.24 bits per heavy atom. The second kappa shape index (κ2) is 11.8. The molecule has 0 aromatic rings. The number of unbranched alkanes of at least 4 members (excludes halogenated alkanes) is 2. The maximum absolute atomic E-state index is 9.15. The molecular formula is C12H28O4Zr. The van der Waals surface area contributed by atoms with Gasteiger partial charge in [0.15, 0.2) is 0 Å². The Morgan fingerprint density at radius 3 is 1.53 bits per heavy atom. The molecule has 0 bridgehead atoms. The van der Waals surface area contributed by atoms with E-state index in [9.17, 15) is 0 Å².